The fraction of sp³-hybridized carbons (Fsp3) is 0.410. The lowest BCUT2D eigenvalue weighted by molar-refractivity contribution is 0.121. The molecule has 3 aliphatic rings. The summed E-state index contributed by atoms with van der Waals surface area (Å²) in [5, 5.41) is 17.9. The molecule has 0 unspecified atom stereocenters. The number of piperidine rings is 1. The molecule has 0 radical (unpaired) electrons. The third kappa shape index (κ3) is 7.44. The Balaban J connectivity index is 1.13. The van der Waals surface area contributed by atoms with E-state index in [1.54, 1.807) is 6.20 Å². The predicted octanol–water partition coefficient (Wildman–Crippen LogP) is 7.33. The van der Waals surface area contributed by atoms with E-state index >= 15 is 0 Å². The zero-order valence-corrected chi connectivity index (χ0v) is 32.6. The van der Waals surface area contributed by atoms with E-state index in [2.05, 4.69) is 70.1 Å². The fourth-order valence-corrected chi connectivity index (χ4v) is 9.49. The first-order chi connectivity index (χ1) is 25.2. The molecular weight excluding hydrogens is 737 g/mol. The first kappa shape index (κ1) is 35.1. The number of anilines is 5. The van der Waals surface area contributed by atoms with Crippen molar-refractivity contribution in [3.8, 4) is 16.9 Å². The smallest absolute Gasteiger partial charge is 0.229 e. The molecule has 2 saturated heterocycles. The minimum absolute atomic E-state index is 0.184. The number of hydrogen-bond donors (Lipinski definition) is 3. The number of nitrogens with one attached hydrogen (secondary N) is 3. The third-order valence-electron chi connectivity index (χ3n) is 10.6. The maximum absolute atomic E-state index is 13.6. The van der Waals surface area contributed by atoms with Crippen molar-refractivity contribution >= 4 is 68.0 Å². The molecule has 8 rings (SSSR count). The van der Waals surface area contributed by atoms with Gasteiger partial charge < -0.3 is 30.2 Å². The maximum Gasteiger partial charge on any atom is 0.229 e. The van der Waals surface area contributed by atoms with Crippen LogP contribution < -0.4 is 30.9 Å². The summed E-state index contributed by atoms with van der Waals surface area (Å²) in [6.45, 7) is 10.00. The summed E-state index contributed by atoms with van der Waals surface area (Å²) in [5.41, 5.74) is 4.87. The molecule has 5 aromatic rings. The number of hydrogen-bond acceptors (Lipinski definition) is 10. The van der Waals surface area contributed by atoms with Crippen LogP contribution in [0.25, 0.3) is 21.9 Å². The van der Waals surface area contributed by atoms with Gasteiger partial charge in [0, 0.05) is 92.9 Å². The van der Waals surface area contributed by atoms with Crippen molar-refractivity contribution in [1.29, 1.82) is 0 Å². The Labute approximate surface area is 314 Å². The van der Waals surface area contributed by atoms with E-state index in [-0.39, 0.29) is 6.10 Å². The summed E-state index contributed by atoms with van der Waals surface area (Å²) in [6, 6.07) is 17.1. The Morgan fingerprint density at radius 1 is 0.942 bits per heavy atom. The first-order valence-electron chi connectivity index (χ1n) is 18.4. The quantitative estimate of drug-likeness (QED) is 0.125. The topological polar surface area (TPSA) is 112 Å². The Bertz CT molecular complexity index is 2120. The third-order valence-corrected chi connectivity index (χ3v) is 12.8. The molecule has 0 bridgehead atoms. The molecule has 3 N–H and O–H groups in total. The van der Waals surface area contributed by atoms with Gasteiger partial charge in [0.05, 0.1) is 28.1 Å². The molecule has 3 fully saturated rings. The summed E-state index contributed by atoms with van der Waals surface area (Å²) in [4.78, 5) is 14.8. The van der Waals surface area contributed by atoms with Crippen LogP contribution in [0.5, 0.6) is 5.75 Å². The normalized spacial score (nSPS) is 17.7. The largest absolute Gasteiger partial charge is 0.488 e. The SMILES string of the molecule is Cn1cc(-c2cc(Nc3ncc(Br)c(Nc4ccc5ccccc5c4P(C)(C)=O)n3)c(OC3CCC3)cc2N2CCC(N3CCNCC3)CC2)cn1. The minimum atomic E-state index is -2.67. The fourth-order valence-electron chi connectivity index (χ4n) is 7.70. The molecule has 0 amide bonds. The average molecular weight is 785 g/mol. The second kappa shape index (κ2) is 14.8. The van der Waals surface area contributed by atoms with E-state index < -0.39 is 7.14 Å². The van der Waals surface area contributed by atoms with Gasteiger partial charge in [0.25, 0.3) is 0 Å². The number of fused-ring (bicyclic) bond motifs is 1. The highest BCUT2D eigenvalue weighted by Gasteiger charge is 2.29. The maximum atomic E-state index is 13.6. The van der Waals surface area contributed by atoms with Crippen molar-refractivity contribution < 1.29 is 9.30 Å². The highest BCUT2D eigenvalue weighted by Crippen LogP contribution is 2.44. The van der Waals surface area contributed by atoms with E-state index in [9.17, 15) is 4.57 Å². The van der Waals surface area contributed by atoms with E-state index in [4.69, 9.17) is 9.72 Å². The van der Waals surface area contributed by atoms with Gasteiger partial charge in [-0.15, -0.1) is 0 Å². The van der Waals surface area contributed by atoms with Crippen LogP contribution in [0.2, 0.25) is 0 Å². The number of halogens is 1. The molecule has 4 heterocycles. The van der Waals surface area contributed by atoms with Gasteiger partial charge in [-0.2, -0.15) is 10.1 Å². The molecule has 272 valence electrons. The zero-order valence-electron chi connectivity index (χ0n) is 30.1. The van der Waals surface area contributed by atoms with Crippen LogP contribution in [0.15, 0.2) is 71.6 Å². The van der Waals surface area contributed by atoms with Gasteiger partial charge in [-0.1, -0.05) is 30.3 Å². The van der Waals surface area contributed by atoms with E-state index in [0.717, 1.165) is 115 Å². The van der Waals surface area contributed by atoms with Gasteiger partial charge in [-0.25, -0.2) is 4.98 Å². The molecule has 1 aliphatic carbocycles. The second-order valence-electron chi connectivity index (χ2n) is 14.6. The molecule has 1 saturated carbocycles. The molecule has 2 aliphatic heterocycles. The standard InChI is InChI=1S/C39H47BrN9O2P/c1-47-25-27(23-43-47)31-21-34(36(51-29-8-6-9-29)22-35(31)49-17-13-28(14-18-49)48-19-15-41-16-20-48)45-39-42-24-32(40)38(46-39)44-33-12-11-26-7-4-5-10-30(26)37(33)52(2,3)50/h4-5,7,10-12,21-25,28-29,41H,6,8-9,13-20H2,1-3H3,(H2,42,44,45,46). The summed E-state index contributed by atoms with van der Waals surface area (Å²) in [7, 11) is -0.713. The van der Waals surface area contributed by atoms with Crippen molar-refractivity contribution in [1.82, 2.24) is 30.0 Å². The second-order valence-corrected chi connectivity index (χ2v) is 18.6. The summed E-state index contributed by atoms with van der Waals surface area (Å²) < 4.78 is 22.9. The van der Waals surface area contributed by atoms with Crippen molar-refractivity contribution in [3.05, 3.63) is 71.6 Å². The number of rotatable bonds is 10. The highest BCUT2D eigenvalue weighted by molar-refractivity contribution is 9.10. The number of benzene rings is 3. The summed E-state index contributed by atoms with van der Waals surface area (Å²) in [5.74, 6) is 1.79. The number of ether oxygens (including phenoxy) is 1. The Morgan fingerprint density at radius 3 is 2.44 bits per heavy atom. The molecule has 3 aromatic carbocycles. The van der Waals surface area contributed by atoms with Gasteiger partial charge in [-0.05, 0) is 84.3 Å². The number of aromatic nitrogens is 4. The van der Waals surface area contributed by atoms with Crippen LogP contribution in [0.3, 0.4) is 0 Å². The van der Waals surface area contributed by atoms with E-state index in [1.165, 1.54) is 6.42 Å². The molecule has 13 heteroatoms. The lowest BCUT2D eigenvalue weighted by Crippen LogP contribution is -2.52. The summed E-state index contributed by atoms with van der Waals surface area (Å²) >= 11 is 3.66. The van der Waals surface area contributed by atoms with Crippen molar-refractivity contribution in [2.75, 3.05) is 68.1 Å². The molecule has 0 atom stereocenters. The Hall–Kier alpha value is -3.96. The summed E-state index contributed by atoms with van der Waals surface area (Å²) in [6.07, 6.45) is 11.5. The van der Waals surface area contributed by atoms with Gasteiger partial charge in [0.2, 0.25) is 5.95 Å². The lowest BCUT2D eigenvalue weighted by Gasteiger charge is -2.41. The molecule has 2 aromatic heterocycles. The lowest BCUT2D eigenvalue weighted by atomic mass is 9.95. The predicted molar refractivity (Wildman–Crippen MR) is 216 cm³/mol. The van der Waals surface area contributed by atoms with E-state index in [0.29, 0.717) is 22.3 Å². The molecule has 0 spiro atoms. The van der Waals surface area contributed by atoms with Crippen molar-refractivity contribution in [2.45, 2.75) is 44.2 Å². The average Bonchev–Trinajstić information content (AvgIpc) is 3.57. The monoisotopic (exact) mass is 783 g/mol. The van der Waals surface area contributed by atoms with Crippen LogP contribution in [0.4, 0.5) is 28.8 Å². The number of aryl methyl sites for hydroxylation is 1. The van der Waals surface area contributed by atoms with Gasteiger partial charge >= 0.3 is 0 Å². The molecular formula is C39H47BrN9O2P. The first-order valence-corrected chi connectivity index (χ1v) is 21.8. The molecule has 11 nitrogen and oxygen atoms in total. The Morgan fingerprint density at radius 2 is 1.73 bits per heavy atom. The highest BCUT2D eigenvalue weighted by atomic mass is 79.9. The van der Waals surface area contributed by atoms with Crippen LogP contribution in [0.1, 0.15) is 32.1 Å². The van der Waals surface area contributed by atoms with Crippen LogP contribution in [-0.2, 0) is 11.6 Å². The minimum Gasteiger partial charge on any atom is -0.488 e. The number of nitrogens with zero attached hydrogens (tertiary/aromatic N) is 6. The van der Waals surface area contributed by atoms with Crippen molar-refractivity contribution in [2.24, 2.45) is 7.05 Å². The van der Waals surface area contributed by atoms with Crippen molar-refractivity contribution in [3.63, 3.8) is 0 Å². The van der Waals surface area contributed by atoms with E-state index in [1.807, 2.05) is 67.7 Å². The number of piperazine rings is 1. The van der Waals surface area contributed by atoms with Gasteiger partial charge in [0.15, 0.2) is 0 Å². The molecule has 52 heavy (non-hydrogen) atoms. The zero-order chi connectivity index (χ0) is 35.8. The van der Waals surface area contributed by atoms with Gasteiger partial charge in [-0.3, -0.25) is 9.58 Å². The Kier molecular flexibility index (Phi) is 10.00. The van der Waals surface area contributed by atoms with Gasteiger partial charge in [0.1, 0.15) is 18.7 Å². The van der Waals surface area contributed by atoms with Crippen LogP contribution >= 0.6 is 23.1 Å². The van der Waals surface area contributed by atoms with Crippen LogP contribution in [0, 0.1) is 0 Å². The van der Waals surface area contributed by atoms with Crippen LogP contribution in [-0.4, -0.2) is 89.4 Å².